The van der Waals surface area contributed by atoms with Gasteiger partial charge in [-0.3, -0.25) is 14.7 Å². The van der Waals surface area contributed by atoms with Crippen LogP contribution >= 0.6 is 11.6 Å². The highest BCUT2D eigenvalue weighted by atomic mass is 35.5. The van der Waals surface area contributed by atoms with E-state index in [4.69, 9.17) is 16.7 Å². The second-order valence-electron chi connectivity index (χ2n) is 6.98. The average molecular weight is 367 g/mol. The summed E-state index contributed by atoms with van der Waals surface area (Å²) in [5.41, 5.74) is 1.36. The number of aliphatic carboxylic acids is 1. The monoisotopic (exact) mass is 366 g/mol. The van der Waals surface area contributed by atoms with Gasteiger partial charge in [0.1, 0.15) is 0 Å². The standard InChI is InChI=1S/C17H23ClN4O3/c1-10-14(18)6-19-7-15(10)21-17(25)20-12-4-13(5-12)22(9-16(23)24)8-11-2-3-11/h6-7,11-13H,2-5,8-9H2,1H3,(H,23,24)(H2,20,21,25). The summed E-state index contributed by atoms with van der Waals surface area (Å²) in [5, 5.41) is 15.3. The number of urea groups is 1. The van der Waals surface area contributed by atoms with Crippen LogP contribution in [0.5, 0.6) is 0 Å². The second kappa shape index (κ2) is 7.58. The Labute approximate surface area is 151 Å². The van der Waals surface area contributed by atoms with Crippen molar-refractivity contribution in [1.82, 2.24) is 15.2 Å². The fourth-order valence-corrected chi connectivity index (χ4v) is 3.28. The van der Waals surface area contributed by atoms with Crippen LogP contribution in [0.15, 0.2) is 12.4 Å². The van der Waals surface area contributed by atoms with Crippen molar-refractivity contribution in [2.75, 3.05) is 18.4 Å². The molecule has 0 aromatic carbocycles. The molecule has 0 bridgehead atoms. The molecule has 1 heterocycles. The van der Waals surface area contributed by atoms with Crippen molar-refractivity contribution in [2.24, 2.45) is 5.92 Å². The molecule has 2 fully saturated rings. The molecular weight excluding hydrogens is 344 g/mol. The Morgan fingerprint density at radius 2 is 2.08 bits per heavy atom. The van der Waals surface area contributed by atoms with E-state index in [9.17, 15) is 9.59 Å². The van der Waals surface area contributed by atoms with Gasteiger partial charge >= 0.3 is 12.0 Å². The van der Waals surface area contributed by atoms with E-state index in [1.54, 1.807) is 6.20 Å². The van der Waals surface area contributed by atoms with Gasteiger partial charge in [-0.2, -0.15) is 0 Å². The Hall–Kier alpha value is -1.86. The first-order valence-corrected chi connectivity index (χ1v) is 8.93. The Balaban J connectivity index is 1.46. The molecule has 2 aliphatic carbocycles. The highest BCUT2D eigenvalue weighted by molar-refractivity contribution is 6.31. The largest absolute Gasteiger partial charge is 0.480 e. The summed E-state index contributed by atoms with van der Waals surface area (Å²) in [7, 11) is 0. The Kier molecular flexibility index (Phi) is 5.44. The van der Waals surface area contributed by atoms with E-state index in [1.165, 1.54) is 19.0 Å². The number of nitrogens with zero attached hydrogens (tertiary/aromatic N) is 2. The minimum Gasteiger partial charge on any atom is -0.480 e. The molecule has 0 unspecified atom stereocenters. The van der Waals surface area contributed by atoms with Crippen LogP contribution < -0.4 is 10.6 Å². The normalized spacial score (nSPS) is 22.4. The van der Waals surface area contributed by atoms with Gasteiger partial charge in [-0.15, -0.1) is 0 Å². The number of aromatic nitrogens is 1. The molecule has 0 saturated heterocycles. The maximum absolute atomic E-state index is 12.1. The summed E-state index contributed by atoms with van der Waals surface area (Å²) in [4.78, 5) is 29.2. The van der Waals surface area contributed by atoms with Crippen LogP contribution in [0.1, 0.15) is 31.2 Å². The molecule has 3 N–H and O–H groups in total. The maximum atomic E-state index is 12.1. The predicted octanol–water partition coefficient (Wildman–Crippen LogP) is 2.49. The van der Waals surface area contributed by atoms with Gasteiger partial charge in [0.2, 0.25) is 0 Å². The van der Waals surface area contributed by atoms with Crippen molar-refractivity contribution >= 4 is 29.3 Å². The molecule has 1 aromatic heterocycles. The van der Waals surface area contributed by atoms with E-state index in [2.05, 4.69) is 15.6 Å². The van der Waals surface area contributed by atoms with Crippen molar-refractivity contribution in [2.45, 2.75) is 44.7 Å². The molecule has 0 radical (unpaired) electrons. The molecule has 8 heteroatoms. The molecule has 0 atom stereocenters. The molecule has 7 nitrogen and oxygen atoms in total. The second-order valence-corrected chi connectivity index (χ2v) is 7.39. The summed E-state index contributed by atoms with van der Waals surface area (Å²) >= 11 is 6.00. The van der Waals surface area contributed by atoms with E-state index >= 15 is 0 Å². The summed E-state index contributed by atoms with van der Waals surface area (Å²) in [6.45, 7) is 2.75. The number of halogens is 1. The molecule has 25 heavy (non-hydrogen) atoms. The highest BCUT2D eigenvalue weighted by Crippen LogP contribution is 2.33. The van der Waals surface area contributed by atoms with Crippen LogP contribution in [-0.4, -0.2) is 52.2 Å². The van der Waals surface area contributed by atoms with Crippen molar-refractivity contribution in [3.8, 4) is 0 Å². The van der Waals surface area contributed by atoms with Gasteiger partial charge in [0, 0.05) is 24.8 Å². The first kappa shape index (κ1) is 17.9. The van der Waals surface area contributed by atoms with Gasteiger partial charge in [0.15, 0.2) is 0 Å². The molecular formula is C17H23ClN4O3. The first-order chi connectivity index (χ1) is 11.9. The third-order valence-electron chi connectivity index (χ3n) is 4.89. The molecule has 2 aliphatic rings. The third kappa shape index (κ3) is 4.83. The number of carboxylic acids is 1. The van der Waals surface area contributed by atoms with Crippen LogP contribution in [0, 0.1) is 12.8 Å². The number of hydrogen-bond acceptors (Lipinski definition) is 4. The number of anilines is 1. The number of carboxylic acid groups (broad SMARTS) is 1. The van der Waals surface area contributed by atoms with Crippen LogP contribution in [0.25, 0.3) is 0 Å². The van der Waals surface area contributed by atoms with E-state index in [0.717, 1.165) is 24.9 Å². The highest BCUT2D eigenvalue weighted by Gasteiger charge is 2.37. The van der Waals surface area contributed by atoms with Gasteiger partial charge in [0.05, 0.1) is 23.5 Å². The summed E-state index contributed by atoms with van der Waals surface area (Å²) in [6.07, 6.45) is 7.04. The summed E-state index contributed by atoms with van der Waals surface area (Å²) in [6, 6.07) is 0.00659. The average Bonchev–Trinajstić information content (AvgIpc) is 3.30. The smallest absolute Gasteiger partial charge is 0.319 e. The third-order valence-corrected chi connectivity index (χ3v) is 5.28. The van der Waals surface area contributed by atoms with Gasteiger partial charge in [-0.1, -0.05) is 11.6 Å². The zero-order valence-corrected chi connectivity index (χ0v) is 14.9. The fourth-order valence-electron chi connectivity index (χ4n) is 3.12. The van der Waals surface area contributed by atoms with Gasteiger partial charge in [0.25, 0.3) is 0 Å². The van der Waals surface area contributed by atoms with Crippen LogP contribution in [0.2, 0.25) is 5.02 Å². The predicted molar refractivity (Wildman–Crippen MR) is 94.9 cm³/mol. The topological polar surface area (TPSA) is 94.6 Å². The van der Waals surface area contributed by atoms with E-state index in [-0.39, 0.29) is 24.7 Å². The lowest BCUT2D eigenvalue weighted by molar-refractivity contribution is -0.139. The number of nitrogens with one attached hydrogen (secondary N) is 2. The lowest BCUT2D eigenvalue weighted by atomic mass is 9.85. The molecule has 1 aromatic rings. The lowest BCUT2D eigenvalue weighted by Crippen LogP contribution is -2.55. The van der Waals surface area contributed by atoms with Crippen LogP contribution in [0.4, 0.5) is 10.5 Å². The Morgan fingerprint density at radius 3 is 2.72 bits per heavy atom. The zero-order valence-electron chi connectivity index (χ0n) is 14.2. The molecule has 136 valence electrons. The van der Waals surface area contributed by atoms with Crippen LogP contribution in [-0.2, 0) is 4.79 Å². The fraction of sp³-hybridized carbons (Fsp3) is 0.588. The van der Waals surface area contributed by atoms with Gasteiger partial charge in [-0.25, -0.2) is 4.79 Å². The number of carbonyl (C=O) groups excluding carboxylic acids is 1. The number of carbonyl (C=O) groups is 2. The quantitative estimate of drug-likeness (QED) is 0.689. The van der Waals surface area contributed by atoms with Crippen molar-refractivity contribution in [3.05, 3.63) is 23.0 Å². The summed E-state index contributed by atoms with van der Waals surface area (Å²) in [5.74, 6) is -0.147. The van der Waals surface area contributed by atoms with E-state index in [0.29, 0.717) is 16.6 Å². The Bertz CT molecular complexity index is 659. The number of pyridine rings is 1. The summed E-state index contributed by atoms with van der Waals surface area (Å²) < 4.78 is 0. The van der Waals surface area contributed by atoms with Crippen molar-refractivity contribution < 1.29 is 14.7 Å². The van der Waals surface area contributed by atoms with Crippen LogP contribution in [0.3, 0.4) is 0 Å². The number of amides is 2. The van der Waals surface area contributed by atoms with Gasteiger partial charge < -0.3 is 15.7 Å². The molecule has 2 amide bonds. The van der Waals surface area contributed by atoms with E-state index < -0.39 is 5.97 Å². The maximum Gasteiger partial charge on any atom is 0.319 e. The Morgan fingerprint density at radius 1 is 1.36 bits per heavy atom. The molecule has 3 rings (SSSR count). The van der Waals surface area contributed by atoms with Crippen molar-refractivity contribution in [3.63, 3.8) is 0 Å². The first-order valence-electron chi connectivity index (χ1n) is 8.56. The SMILES string of the molecule is Cc1c(Cl)cncc1NC(=O)NC1CC(N(CC(=O)O)CC2CC2)C1. The minimum absolute atomic E-state index is 0.0629. The number of rotatable bonds is 7. The number of hydrogen-bond donors (Lipinski definition) is 3. The zero-order chi connectivity index (χ0) is 18.0. The van der Waals surface area contributed by atoms with E-state index in [1.807, 2.05) is 11.8 Å². The lowest BCUT2D eigenvalue weighted by Gasteiger charge is -2.42. The van der Waals surface area contributed by atoms with Crippen molar-refractivity contribution in [1.29, 1.82) is 0 Å². The molecule has 0 aliphatic heterocycles. The minimum atomic E-state index is -0.793. The molecule has 0 spiro atoms. The molecule has 2 saturated carbocycles. The van der Waals surface area contributed by atoms with Gasteiger partial charge in [-0.05, 0) is 44.1 Å².